The van der Waals surface area contributed by atoms with Crippen molar-refractivity contribution in [2.45, 2.75) is 20.3 Å². The highest BCUT2D eigenvalue weighted by molar-refractivity contribution is 5.91. The Morgan fingerprint density at radius 1 is 1.50 bits per heavy atom. The summed E-state index contributed by atoms with van der Waals surface area (Å²) in [6.45, 7) is 11.0. The van der Waals surface area contributed by atoms with Crippen LogP contribution in [0.5, 0.6) is 0 Å². The molecule has 0 aliphatic carbocycles. The topological polar surface area (TPSA) is 72.2 Å². The van der Waals surface area contributed by atoms with Gasteiger partial charge in [-0.25, -0.2) is 0 Å². The molecule has 0 atom stereocenters. The fourth-order valence-electron chi connectivity index (χ4n) is 0.389. The van der Waals surface area contributed by atoms with Gasteiger partial charge in [-0.1, -0.05) is 20.1 Å². The number of carbonyl (C=O) groups is 2. The first-order valence-corrected chi connectivity index (χ1v) is 4.31. The molecule has 4 nitrogen and oxygen atoms in total. The Labute approximate surface area is 84.9 Å². The van der Waals surface area contributed by atoms with Crippen LogP contribution in [0.15, 0.2) is 24.8 Å². The molecule has 0 radical (unpaired) electrons. The summed E-state index contributed by atoms with van der Waals surface area (Å²) in [7, 11) is 0. The molecule has 2 amide bonds. The Morgan fingerprint density at radius 2 is 1.93 bits per heavy atom. The third-order valence-corrected chi connectivity index (χ3v) is 1.12. The van der Waals surface area contributed by atoms with Crippen LogP contribution in [0.1, 0.15) is 20.3 Å². The van der Waals surface area contributed by atoms with Crippen LogP contribution in [-0.2, 0) is 9.59 Å². The first-order chi connectivity index (χ1) is 6.45. The van der Waals surface area contributed by atoms with Crippen molar-refractivity contribution in [3.63, 3.8) is 0 Å². The zero-order valence-corrected chi connectivity index (χ0v) is 8.80. The van der Waals surface area contributed by atoms with Gasteiger partial charge >= 0.3 is 0 Å². The molecule has 0 aromatic rings. The Kier molecular flexibility index (Phi) is 10.1. The summed E-state index contributed by atoms with van der Waals surface area (Å²) >= 11 is 0. The van der Waals surface area contributed by atoms with Crippen molar-refractivity contribution in [1.29, 1.82) is 0 Å². The number of nitrogens with one attached hydrogen (secondary N) is 1. The number of nitrogens with two attached hydrogens (primary N) is 1. The first kappa shape index (κ1) is 14.9. The lowest BCUT2D eigenvalue weighted by molar-refractivity contribution is -0.117. The molecule has 14 heavy (non-hydrogen) atoms. The molecule has 4 heteroatoms. The van der Waals surface area contributed by atoms with E-state index in [1.807, 2.05) is 6.92 Å². The number of hydrogen-bond acceptors (Lipinski definition) is 2. The number of amides is 2. The molecule has 0 aliphatic rings. The zero-order valence-electron chi connectivity index (χ0n) is 8.80. The van der Waals surface area contributed by atoms with Gasteiger partial charge in [0.25, 0.3) is 0 Å². The summed E-state index contributed by atoms with van der Waals surface area (Å²) in [5, 5.41) is 2.69. The van der Waals surface area contributed by atoms with Crippen molar-refractivity contribution in [3.8, 4) is 0 Å². The highest BCUT2D eigenvalue weighted by atomic mass is 16.1. The normalized spacial score (nSPS) is 7.86. The van der Waals surface area contributed by atoms with Gasteiger partial charge in [-0.05, 0) is 19.4 Å². The zero-order chi connectivity index (χ0) is 11.6. The Balaban J connectivity index is 0. The van der Waals surface area contributed by atoms with Gasteiger partial charge in [0.1, 0.15) is 0 Å². The smallest absolute Gasteiger partial charge is 0.246 e. The van der Waals surface area contributed by atoms with E-state index in [0.717, 1.165) is 19.0 Å². The van der Waals surface area contributed by atoms with E-state index >= 15 is 0 Å². The van der Waals surface area contributed by atoms with E-state index in [2.05, 4.69) is 24.2 Å². The van der Waals surface area contributed by atoms with Crippen LogP contribution in [-0.4, -0.2) is 18.4 Å². The minimum atomic E-state index is -0.481. The van der Waals surface area contributed by atoms with Gasteiger partial charge in [-0.15, -0.1) is 0 Å². The predicted octanol–water partition coefficient (Wildman–Crippen LogP) is 0.746. The largest absolute Gasteiger partial charge is 0.366 e. The number of rotatable bonds is 4. The van der Waals surface area contributed by atoms with Crippen molar-refractivity contribution in [3.05, 3.63) is 24.8 Å². The van der Waals surface area contributed by atoms with Gasteiger partial charge in [0.05, 0.1) is 0 Å². The molecule has 0 aliphatic heterocycles. The van der Waals surface area contributed by atoms with Crippen LogP contribution >= 0.6 is 0 Å². The van der Waals surface area contributed by atoms with Crippen LogP contribution in [0.4, 0.5) is 0 Å². The Morgan fingerprint density at radius 3 is 2.14 bits per heavy atom. The van der Waals surface area contributed by atoms with Crippen molar-refractivity contribution >= 4 is 11.8 Å². The molecular formula is C10H18N2O2. The Bertz CT molecular complexity index is 222. The van der Waals surface area contributed by atoms with E-state index in [0.29, 0.717) is 5.57 Å². The monoisotopic (exact) mass is 198 g/mol. The molecule has 0 fully saturated rings. The maximum absolute atomic E-state index is 10.7. The minimum absolute atomic E-state index is 0.0446. The fourth-order valence-corrected chi connectivity index (χ4v) is 0.389. The minimum Gasteiger partial charge on any atom is -0.366 e. The van der Waals surface area contributed by atoms with Crippen LogP contribution in [0.2, 0.25) is 0 Å². The third kappa shape index (κ3) is 13.0. The van der Waals surface area contributed by atoms with Crippen molar-refractivity contribution < 1.29 is 9.59 Å². The molecule has 0 spiro atoms. The summed E-state index contributed by atoms with van der Waals surface area (Å²) in [4.78, 5) is 20.2. The molecule has 0 bridgehead atoms. The number of primary amides is 1. The first-order valence-electron chi connectivity index (χ1n) is 4.31. The van der Waals surface area contributed by atoms with Gasteiger partial charge in [0.15, 0.2) is 0 Å². The standard InChI is InChI=1S/C7H13NO.C3H5NO/c1-4-5-8-7(9)6(2)3;1-2-3(4)5/h2,4-5H2,1,3H3,(H,8,9);2H,1H2,(H2,4,5). The van der Waals surface area contributed by atoms with Crippen LogP contribution in [0.25, 0.3) is 0 Å². The molecule has 3 N–H and O–H groups in total. The molecule has 0 saturated carbocycles. The van der Waals surface area contributed by atoms with Crippen molar-refractivity contribution in [2.75, 3.05) is 6.54 Å². The predicted molar refractivity (Wildman–Crippen MR) is 57.5 cm³/mol. The second kappa shape index (κ2) is 9.51. The van der Waals surface area contributed by atoms with E-state index in [1.54, 1.807) is 6.92 Å². The van der Waals surface area contributed by atoms with E-state index in [4.69, 9.17) is 0 Å². The van der Waals surface area contributed by atoms with Gasteiger partial charge in [0, 0.05) is 12.1 Å². The highest BCUT2D eigenvalue weighted by Crippen LogP contribution is 1.84. The van der Waals surface area contributed by atoms with E-state index in [-0.39, 0.29) is 5.91 Å². The summed E-state index contributed by atoms with van der Waals surface area (Å²) in [6.07, 6.45) is 2.03. The molecular weight excluding hydrogens is 180 g/mol. The van der Waals surface area contributed by atoms with Crippen LogP contribution < -0.4 is 11.1 Å². The van der Waals surface area contributed by atoms with E-state index in [1.165, 1.54) is 0 Å². The number of carbonyl (C=O) groups excluding carboxylic acids is 2. The lowest BCUT2D eigenvalue weighted by Crippen LogP contribution is -2.24. The second-order valence-electron chi connectivity index (χ2n) is 2.64. The van der Waals surface area contributed by atoms with Crippen LogP contribution in [0.3, 0.4) is 0 Å². The maximum Gasteiger partial charge on any atom is 0.246 e. The third-order valence-electron chi connectivity index (χ3n) is 1.12. The fraction of sp³-hybridized carbons (Fsp3) is 0.400. The second-order valence-corrected chi connectivity index (χ2v) is 2.64. The quantitative estimate of drug-likeness (QED) is 0.654. The van der Waals surface area contributed by atoms with Crippen molar-refractivity contribution in [2.24, 2.45) is 5.73 Å². The maximum atomic E-state index is 10.7. The average Bonchev–Trinajstić information content (AvgIpc) is 2.14. The summed E-state index contributed by atoms with van der Waals surface area (Å²) < 4.78 is 0. The molecule has 0 aromatic heterocycles. The molecule has 0 unspecified atom stereocenters. The van der Waals surface area contributed by atoms with Gasteiger partial charge < -0.3 is 11.1 Å². The molecule has 0 saturated heterocycles. The highest BCUT2D eigenvalue weighted by Gasteiger charge is 1.96. The van der Waals surface area contributed by atoms with E-state index < -0.39 is 5.91 Å². The molecule has 80 valence electrons. The SMILES string of the molecule is C=C(C)C(=O)NCCC.C=CC(N)=O. The molecule has 0 heterocycles. The summed E-state index contributed by atoms with van der Waals surface area (Å²) in [5.74, 6) is -0.526. The Hall–Kier alpha value is -1.58. The number of hydrogen-bond donors (Lipinski definition) is 2. The van der Waals surface area contributed by atoms with Gasteiger partial charge in [-0.2, -0.15) is 0 Å². The average molecular weight is 198 g/mol. The summed E-state index contributed by atoms with van der Waals surface area (Å²) in [6, 6.07) is 0. The lowest BCUT2D eigenvalue weighted by atomic mass is 10.3. The van der Waals surface area contributed by atoms with E-state index in [9.17, 15) is 9.59 Å². The van der Waals surface area contributed by atoms with Gasteiger partial charge in [-0.3, -0.25) is 9.59 Å². The molecule has 0 rings (SSSR count). The van der Waals surface area contributed by atoms with Gasteiger partial charge in [0.2, 0.25) is 11.8 Å². The van der Waals surface area contributed by atoms with Crippen molar-refractivity contribution in [1.82, 2.24) is 5.32 Å². The van der Waals surface area contributed by atoms with Crippen LogP contribution in [0, 0.1) is 0 Å². The molecule has 0 aromatic carbocycles. The summed E-state index contributed by atoms with van der Waals surface area (Å²) in [5.41, 5.74) is 5.11. The lowest BCUT2D eigenvalue weighted by Gasteiger charge is -1.99.